The molecule has 0 radical (unpaired) electrons. The van der Waals surface area contributed by atoms with Crippen LogP contribution in [-0.4, -0.2) is 49.3 Å². The number of hydrogen-bond acceptors (Lipinski definition) is 6. The molecule has 1 saturated heterocycles. The van der Waals surface area contributed by atoms with Gasteiger partial charge in [-0.05, 0) is 38.3 Å². The highest BCUT2D eigenvalue weighted by molar-refractivity contribution is 5.66. The van der Waals surface area contributed by atoms with E-state index in [0.717, 1.165) is 81.2 Å². The van der Waals surface area contributed by atoms with Gasteiger partial charge in [-0.25, -0.2) is 4.98 Å². The molecule has 0 saturated carbocycles. The summed E-state index contributed by atoms with van der Waals surface area (Å²) in [5.74, 6) is 1.65. The van der Waals surface area contributed by atoms with Crippen molar-refractivity contribution >= 4 is 11.6 Å². The Morgan fingerprint density at radius 3 is 2.88 bits per heavy atom. The van der Waals surface area contributed by atoms with Crippen LogP contribution in [0.3, 0.4) is 0 Å². The number of hydrogen-bond donors (Lipinski definition) is 2. The zero-order valence-corrected chi connectivity index (χ0v) is 16.1. The minimum absolute atomic E-state index is 0.269. The molecule has 0 aromatic carbocycles. The highest BCUT2D eigenvalue weighted by Crippen LogP contribution is 2.31. The summed E-state index contributed by atoms with van der Waals surface area (Å²) in [7, 11) is 2.12. The fraction of sp³-hybridized carbons (Fsp3) is 0.700. The van der Waals surface area contributed by atoms with E-state index in [1.165, 1.54) is 18.4 Å². The van der Waals surface area contributed by atoms with Crippen molar-refractivity contribution in [2.45, 2.75) is 58.1 Å². The van der Waals surface area contributed by atoms with Crippen molar-refractivity contribution in [3.05, 3.63) is 16.7 Å². The minimum Gasteiger partial charge on any atom is -0.376 e. The first-order valence-corrected chi connectivity index (χ1v) is 9.96. The zero-order chi connectivity index (χ0) is 18.4. The van der Waals surface area contributed by atoms with Crippen LogP contribution < -0.4 is 10.6 Å². The molecule has 6 heteroatoms. The normalized spacial score (nSPS) is 19.8. The molecule has 1 aromatic heterocycles. The largest absolute Gasteiger partial charge is 0.376 e. The third-order valence-corrected chi connectivity index (χ3v) is 5.29. The Balaban J connectivity index is 1.83. The number of likely N-dealkylation sites (N-methyl/N-ethyl adjacent to an activating group) is 1. The maximum Gasteiger partial charge on any atom is 0.146 e. The second-order valence-electron chi connectivity index (χ2n) is 7.39. The van der Waals surface area contributed by atoms with Crippen LogP contribution in [0.4, 0.5) is 11.6 Å². The monoisotopic (exact) mass is 357 g/mol. The van der Waals surface area contributed by atoms with Gasteiger partial charge in [-0.2, -0.15) is 5.26 Å². The van der Waals surface area contributed by atoms with Gasteiger partial charge in [0.15, 0.2) is 0 Å². The molecule has 2 aliphatic rings. The Hall–Kier alpha value is -1.84. The summed E-state index contributed by atoms with van der Waals surface area (Å²) in [4.78, 5) is 7.11. The maximum absolute atomic E-state index is 9.75. The van der Waals surface area contributed by atoms with Crippen molar-refractivity contribution in [3.8, 4) is 6.07 Å². The van der Waals surface area contributed by atoms with Gasteiger partial charge >= 0.3 is 0 Å². The lowest BCUT2D eigenvalue weighted by Gasteiger charge is -2.29. The predicted molar refractivity (Wildman–Crippen MR) is 104 cm³/mol. The molecule has 0 aliphatic carbocycles. The van der Waals surface area contributed by atoms with Crippen LogP contribution in [-0.2, 0) is 17.7 Å². The predicted octanol–water partition coefficient (Wildman–Crippen LogP) is 3.13. The third-order valence-electron chi connectivity index (χ3n) is 5.29. The number of anilines is 2. The van der Waals surface area contributed by atoms with Gasteiger partial charge in [-0.15, -0.1) is 0 Å². The molecular weight excluding hydrogens is 326 g/mol. The number of rotatable bonds is 8. The molecule has 0 unspecified atom stereocenters. The quantitative estimate of drug-likeness (QED) is 0.697. The molecule has 3 heterocycles. The molecule has 2 aliphatic heterocycles. The summed E-state index contributed by atoms with van der Waals surface area (Å²) in [6.07, 6.45) is 6.88. The summed E-state index contributed by atoms with van der Waals surface area (Å²) in [5, 5.41) is 16.7. The van der Waals surface area contributed by atoms with E-state index in [9.17, 15) is 5.26 Å². The van der Waals surface area contributed by atoms with Crippen molar-refractivity contribution in [1.29, 1.82) is 5.26 Å². The van der Waals surface area contributed by atoms with Gasteiger partial charge < -0.3 is 20.3 Å². The van der Waals surface area contributed by atoms with Crippen molar-refractivity contribution in [1.82, 2.24) is 9.88 Å². The summed E-state index contributed by atoms with van der Waals surface area (Å²) >= 11 is 0. The Labute approximate surface area is 156 Å². The van der Waals surface area contributed by atoms with Crippen LogP contribution in [0.25, 0.3) is 0 Å². The number of nitriles is 1. The van der Waals surface area contributed by atoms with E-state index in [-0.39, 0.29) is 6.10 Å². The topological polar surface area (TPSA) is 73.2 Å². The summed E-state index contributed by atoms with van der Waals surface area (Å²) in [6.45, 7) is 6.51. The number of nitrogens with zero attached hydrogens (tertiary/aromatic N) is 3. The van der Waals surface area contributed by atoms with E-state index >= 15 is 0 Å². The molecule has 2 N–H and O–H groups in total. The van der Waals surface area contributed by atoms with E-state index in [2.05, 4.69) is 35.6 Å². The van der Waals surface area contributed by atoms with Crippen molar-refractivity contribution < 1.29 is 4.74 Å². The van der Waals surface area contributed by atoms with E-state index in [4.69, 9.17) is 9.72 Å². The van der Waals surface area contributed by atoms with Gasteiger partial charge in [0, 0.05) is 38.3 Å². The Bertz CT molecular complexity index is 649. The molecule has 26 heavy (non-hydrogen) atoms. The van der Waals surface area contributed by atoms with Crippen LogP contribution in [0.1, 0.15) is 55.7 Å². The fourth-order valence-electron chi connectivity index (χ4n) is 3.76. The number of ether oxygens (including phenoxy) is 1. The maximum atomic E-state index is 9.75. The Morgan fingerprint density at radius 1 is 1.27 bits per heavy atom. The molecule has 0 amide bonds. The molecule has 1 atom stereocenters. The SMILES string of the molecule is CCCCCNc1nc(NC[C@H]2CCCO2)c2c(c1C#N)CCN(C)C2. The fourth-order valence-corrected chi connectivity index (χ4v) is 3.76. The zero-order valence-electron chi connectivity index (χ0n) is 16.1. The lowest BCUT2D eigenvalue weighted by atomic mass is 9.96. The first kappa shape index (κ1) is 18.9. The first-order valence-electron chi connectivity index (χ1n) is 9.96. The Morgan fingerprint density at radius 2 is 2.15 bits per heavy atom. The molecular formula is C20H31N5O. The molecule has 142 valence electrons. The van der Waals surface area contributed by atoms with Gasteiger partial charge in [0.05, 0.1) is 11.7 Å². The van der Waals surface area contributed by atoms with Crippen LogP contribution in [0.2, 0.25) is 0 Å². The number of pyridine rings is 1. The standard InChI is InChI=1S/C20H31N5O/c1-3-4-5-9-22-19-17(12-21)16-8-10-25(2)14-18(16)20(24-19)23-13-15-7-6-11-26-15/h15H,3-11,13-14H2,1-2H3,(H2,22,23,24)/t15-/m1/s1. The summed E-state index contributed by atoms with van der Waals surface area (Å²) in [5.41, 5.74) is 3.06. The highest BCUT2D eigenvalue weighted by atomic mass is 16.5. The molecule has 3 rings (SSSR count). The lowest BCUT2D eigenvalue weighted by molar-refractivity contribution is 0.120. The van der Waals surface area contributed by atoms with Crippen molar-refractivity contribution in [2.75, 3.05) is 43.9 Å². The average molecular weight is 358 g/mol. The first-order chi connectivity index (χ1) is 12.7. The van der Waals surface area contributed by atoms with Crippen LogP contribution in [0.5, 0.6) is 0 Å². The summed E-state index contributed by atoms with van der Waals surface area (Å²) < 4.78 is 5.74. The smallest absolute Gasteiger partial charge is 0.146 e. The lowest BCUT2D eigenvalue weighted by Crippen LogP contribution is -2.30. The number of nitrogens with one attached hydrogen (secondary N) is 2. The van der Waals surface area contributed by atoms with E-state index in [0.29, 0.717) is 0 Å². The van der Waals surface area contributed by atoms with E-state index < -0.39 is 0 Å². The van der Waals surface area contributed by atoms with Crippen LogP contribution >= 0.6 is 0 Å². The highest BCUT2D eigenvalue weighted by Gasteiger charge is 2.25. The second-order valence-corrected chi connectivity index (χ2v) is 7.39. The van der Waals surface area contributed by atoms with Crippen molar-refractivity contribution in [2.24, 2.45) is 0 Å². The molecule has 0 bridgehead atoms. The van der Waals surface area contributed by atoms with Gasteiger partial charge in [0.2, 0.25) is 0 Å². The van der Waals surface area contributed by atoms with E-state index in [1.54, 1.807) is 0 Å². The van der Waals surface area contributed by atoms with Crippen LogP contribution in [0.15, 0.2) is 0 Å². The van der Waals surface area contributed by atoms with E-state index in [1.807, 2.05) is 0 Å². The molecule has 1 aromatic rings. The summed E-state index contributed by atoms with van der Waals surface area (Å²) in [6, 6.07) is 2.41. The van der Waals surface area contributed by atoms with Crippen molar-refractivity contribution in [3.63, 3.8) is 0 Å². The second kappa shape index (κ2) is 9.20. The minimum atomic E-state index is 0.269. The van der Waals surface area contributed by atoms with Gasteiger partial charge in [0.25, 0.3) is 0 Å². The molecule has 1 fully saturated rings. The van der Waals surface area contributed by atoms with Gasteiger partial charge in [-0.3, -0.25) is 0 Å². The molecule has 6 nitrogen and oxygen atoms in total. The Kier molecular flexibility index (Phi) is 6.70. The average Bonchev–Trinajstić information content (AvgIpc) is 3.17. The number of fused-ring (bicyclic) bond motifs is 1. The van der Waals surface area contributed by atoms with Crippen LogP contribution in [0, 0.1) is 11.3 Å². The number of unbranched alkanes of at least 4 members (excludes halogenated alkanes) is 2. The van der Waals surface area contributed by atoms with Gasteiger partial charge in [0.1, 0.15) is 17.7 Å². The number of aromatic nitrogens is 1. The van der Waals surface area contributed by atoms with Gasteiger partial charge in [-0.1, -0.05) is 19.8 Å². The molecule has 0 spiro atoms. The third kappa shape index (κ3) is 4.46.